The highest BCUT2D eigenvalue weighted by Crippen LogP contribution is 2.45. The Kier molecular flexibility index (Phi) is 19.2. The molecule has 8 aromatic rings. The quantitative estimate of drug-likeness (QED) is 0.0746. The molecule has 0 amide bonds. The summed E-state index contributed by atoms with van der Waals surface area (Å²) >= 11 is 0. The van der Waals surface area contributed by atoms with E-state index in [2.05, 4.69) is 111 Å². The van der Waals surface area contributed by atoms with Crippen LogP contribution in [0.25, 0.3) is 0 Å². The summed E-state index contributed by atoms with van der Waals surface area (Å²) in [4.78, 5) is 0. The monoisotopic (exact) mass is 1180 g/mol. The van der Waals surface area contributed by atoms with Crippen molar-refractivity contribution in [1.82, 2.24) is 0 Å². The standard InChI is InChI=1S/C80H96O8/c1-41(2)49-17-57-33-59-19-50(42(3)4)21-61(74(59)82)35-63-23-52(44(7)8)25-65(76(63)84)37-67-27-54(46(11)12)29-69(78(67)86)39-71-31-56(48(15)16)32-72(80(71)88)40-70-30-55(47(13)14)28-68(79(70)87)38-66-26-53(45(9)10)24-64(77(66)85)36-62-22-51(43(5)6)20-60(75(62)83)34-58(18-49)73(57)81/h17-32,41-48,81-88H,33-40H2,1-16H3. The summed E-state index contributed by atoms with van der Waals surface area (Å²) in [6, 6.07) is 32.4. The predicted octanol–water partition coefficient (Wildman–Crippen LogP) is 19.4. The zero-order valence-corrected chi connectivity index (χ0v) is 55.1. The Bertz CT molecular complexity index is 2980. The van der Waals surface area contributed by atoms with E-state index in [0.29, 0.717) is 89.0 Å². The van der Waals surface area contributed by atoms with Crippen LogP contribution in [0.4, 0.5) is 0 Å². The van der Waals surface area contributed by atoms with Gasteiger partial charge in [-0.2, -0.15) is 0 Å². The molecule has 88 heavy (non-hydrogen) atoms. The molecule has 0 heterocycles. The molecule has 16 bridgehead atoms. The fourth-order valence-corrected chi connectivity index (χ4v) is 12.8. The van der Waals surface area contributed by atoms with Crippen LogP contribution in [-0.4, -0.2) is 40.9 Å². The van der Waals surface area contributed by atoms with Crippen molar-refractivity contribution in [2.45, 2.75) is 209 Å². The smallest absolute Gasteiger partial charge is 0.122 e. The highest BCUT2D eigenvalue weighted by molar-refractivity contribution is 5.61. The van der Waals surface area contributed by atoms with E-state index in [1.807, 2.05) is 97.1 Å². The molecule has 0 aromatic heterocycles. The van der Waals surface area contributed by atoms with Gasteiger partial charge in [0.15, 0.2) is 0 Å². The van der Waals surface area contributed by atoms with Crippen LogP contribution in [0.2, 0.25) is 0 Å². The topological polar surface area (TPSA) is 162 Å². The third-order valence-corrected chi connectivity index (χ3v) is 18.7. The van der Waals surface area contributed by atoms with Gasteiger partial charge in [0.1, 0.15) is 46.0 Å². The van der Waals surface area contributed by atoms with E-state index >= 15 is 0 Å². The van der Waals surface area contributed by atoms with Crippen molar-refractivity contribution in [3.8, 4) is 46.0 Å². The molecule has 0 spiro atoms. The van der Waals surface area contributed by atoms with Crippen LogP contribution >= 0.6 is 0 Å². The van der Waals surface area contributed by atoms with Crippen LogP contribution in [0.3, 0.4) is 0 Å². The largest absolute Gasteiger partial charge is 0.507 e. The van der Waals surface area contributed by atoms with Crippen LogP contribution in [0.5, 0.6) is 46.0 Å². The van der Waals surface area contributed by atoms with Gasteiger partial charge in [-0.25, -0.2) is 0 Å². The molecule has 0 saturated heterocycles. The Morgan fingerprint density at radius 2 is 0.227 bits per heavy atom. The lowest BCUT2D eigenvalue weighted by atomic mass is 9.85. The second kappa shape index (κ2) is 26.1. The maximum Gasteiger partial charge on any atom is 0.122 e. The van der Waals surface area contributed by atoms with Crippen molar-refractivity contribution >= 4 is 0 Å². The first-order valence-corrected chi connectivity index (χ1v) is 32.2. The molecular weight excluding hydrogens is 1090 g/mol. The molecule has 0 unspecified atom stereocenters. The zero-order chi connectivity index (χ0) is 64.1. The number of phenols is 8. The van der Waals surface area contributed by atoms with Gasteiger partial charge in [0, 0.05) is 51.4 Å². The highest BCUT2D eigenvalue weighted by atomic mass is 16.3. The molecule has 0 aliphatic heterocycles. The van der Waals surface area contributed by atoms with E-state index in [-0.39, 0.29) is 145 Å². The van der Waals surface area contributed by atoms with E-state index in [1.54, 1.807) is 0 Å². The maximum atomic E-state index is 12.5. The number of hydrogen-bond donors (Lipinski definition) is 8. The number of benzene rings is 8. The molecule has 0 radical (unpaired) electrons. The molecular formula is C80H96O8. The molecule has 8 heteroatoms. The van der Waals surface area contributed by atoms with Gasteiger partial charge in [-0.05, 0) is 181 Å². The van der Waals surface area contributed by atoms with Crippen molar-refractivity contribution in [2.24, 2.45) is 0 Å². The molecule has 0 atom stereocenters. The van der Waals surface area contributed by atoms with Crippen LogP contribution in [0.1, 0.15) is 292 Å². The molecule has 1 aliphatic carbocycles. The zero-order valence-electron chi connectivity index (χ0n) is 55.1. The van der Waals surface area contributed by atoms with Crippen LogP contribution < -0.4 is 0 Å². The number of rotatable bonds is 8. The first-order valence-electron chi connectivity index (χ1n) is 32.2. The van der Waals surface area contributed by atoms with Crippen molar-refractivity contribution in [2.75, 3.05) is 0 Å². The van der Waals surface area contributed by atoms with Gasteiger partial charge in [-0.15, -0.1) is 0 Å². The minimum absolute atomic E-state index is 0.0867. The Morgan fingerprint density at radius 3 is 0.284 bits per heavy atom. The van der Waals surface area contributed by atoms with Gasteiger partial charge in [0.05, 0.1) is 0 Å². The number of hydrogen-bond acceptors (Lipinski definition) is 8. The Balaban J connectivity index is 1.29. The molecule has 1 aliphatic rings. The lowest BCUT2D eigenvalue weighted by molar-refractivity contribution is 0.451. The average molecular weight is 1190 g/mol. The molecule has 8 nitrogen and oxygen atoms in total. The summed E-state index contributed by atoms with van der Waals surface area (Å²) in [5, 5.41) is 100. The van der Waals surface area contributed by atoms with Crippen molar-refractivity contribution < 1.29 is 40.9 Å². The number of aromatic hydroxyl groups is 8. The lowest BCUT2D eigenvalue weighted by Crippen LogP contribution is -2.05. The van der Waals surface area contributed by atoms with Gasteiger partial charge >= 0.3 is 0 Å². The first-order chi connectivity index (χ1) is 41.5. The third kappa shape index (κ3) is 13.7. The minimum Gasteiger partial charge on any atom is -0.507 e. The summed E-state index contributed by atoms with van der Waals surface area (Å²) < 4.78 is 0. The normalized spacial score (nSPS) is 13.4. The SMILES string of the molecule is CC(C)c1cc2c(O)c(c1)Cc1cc(C(C)C)cc(c1O)Cc1cc(C(C)C)cc(c1O)Cc1cc(C(C)C)cc(c1O)Cc1cc(C(C)C)cc(c1O)Cc1cc(C(C)C)cc(c1O)Cc1cc(C(C)C)cc(c1O)Cc1cc(C(C)C)cc(c1O)C2. The Hall–Kier alpha value is -7.84. The lowest BCUT2D eigenvalue weighted by Gasteiger charge is -2.22. The fourth-order valence-electron chi connectivity index (χ4n) is 12.8. The predicted molar refractivity (Wildman–Crippen MR) is 360 cm³/mol. The number of phenolic OH excluding ortho intramolecular Hbond substituents is 8. The van der Waals surface area contributed by atoms with Crippen molar-refractivity contribution in [3.05, 3.63) is 231 Å². The van der Waals surface area contributed by atoms with Gasteiger partial charge in [0.2, 0.25) is 0 Å². The van der Waals surface area contributed by atoms with E-state index in [1.165, 1.54) is 0 Å². The second-order valence-electron chi connectivity index (χ2n) is 28.2. The second-order valence-corrected chi connectivity index (χ2v) is 28.2. The van der Waals surface area contributed by atoms with Gasteiger partial charge < -0.3 is 40.9 Å². The van der Waals surface area contributed by atoms with Gasteiger partial charge in [0.25, 0.3) is 0 Å². The average Bonchev–Trinajstić information content (AvgIpc) is 3.48. The number of fused-ring (bicyclic) bond motifs is 16. The Morgan fingerprint density at radius 1 is 0.159 bits per heavy atom. The van der Waals surface area contributed by atoms with E-state index < -0.39 is 0 Å². The van der Waals surface area contributed by atoms with Gasteiger partial charge in [-0.1, -0.05) is 208 Å². The summed E-state index contributed by atoms with van der Waals surface area (Å²) in [6.07, 6.45) is 1.74. The molecule has 464 valence electrons. The molecule has 0 saturated carbocycles. The molecule has 0 fully saturated rings. The molecule has 8 aromatic carbocycles. The Labute approximate surface area is 524 Å². The first kappa shape index (κ1) is 64.6. The van der Waals surface area contributed by atoms with Crippen molar-refractivity contribution in [3.63, 3.8) is 0 Å². The van der Waals surface area contributed by atoms with Gasteiger partial charge in [-0.3, -0.25) is 0 Å². The van der Waals surface area contributed by atoms with Crippen LogP contribution in [0, 0.1) is 0 Å². The fraction of sp³-hybridized carbons (Fsp3) is 0.400. The highest BCUT2D eigenvalue weighted by Gasteiger charge is 2.26. The van der Waals surface area contributed by atoms with Crippen molar-refractivity contribution in [1.29, 1.82) is 0 Å². The van der Waals surface area contributed by atoms with E-state index in [9.17, 15) is 40.9 Å². The molecule has 8 N–H and O–H groups in total. The van der Waals surface area contributed by atoms with E-state index in [4.69, 9.17) is 0 Å². The summed E-state index contributed by atoms with van der Waals surface area (Å²) in [5.41, 5.74) is 18.4. The van der Waals surface area contributed by atoms with Crippen LogP contribution in [-0.2, 0) is 51.4 Å². The molecule has 9 rings (SSSR count). The maximum absolute atomic E-state index is 12.5. The van der Waals surface area contributed by atoms with E-state index in [0.717, 1.165) is 44.5 Å². The summed E-state index contributed by atoms with van der Waals surface area (Å²) in [7, 11) is 0. The summed E-state index contributed by atoms with van der Waals surface area (Å²) in [5.74, 6) is 1.41. The summed E-state index contributed by atoms with van der Waals surface area (Å²) in [6.45, 7) is 33.9. The van der Waals surface area contributed by atoms with Crippen LogP contribution in [0.15, 0.2) is 97.1 Å². The minimum atomic E-state index is 0.0867. The third-order valence-electron chi connectivity index (χ3n) is 18.7.